The van der Waals surface area contributed by atoms with Gasteiger partial charge in [0.25, 0.3) is 0 Å². The fraction of sp³-hybridized carbons (Fsp3) is 0.333. The quantitative estimate of drug-likeness (QED) is 0.690. The van der Waals surface area contributed by atoms with Gasteiger partial charge in [-0.1, -0.05) is 0 Å². The van der Waals surface area contributed by atoms with Gasteiger partial charge in [0.05, 0.1) is 0 Å². The standard InChI is InChI=1S/C12H14O2Se2/c1-3-11(13)15-9-5-7-10(8-6-9)16-12(14)4-2/h5-8H,3-4H2,1-2H3. The van der Waals surface area contributed by atoms with Crippen molar-refractivity contribution in [2.75, 3.05) is 0 Å². The first-order chi connectivity index (χ1) is 7.65. The van der Waals surface area contributed by atoms with Gasteiger partial charge in [-0.25, -0.2) is 0 Å². The average Bonchev–Trinajstić information content (AvgIpc) is 2.31. The first-order valence-corrected chi connectivity index (χ1v) is 8.59. The maximum atomic E-state index is 11.3. The minimum atomic E-state index is -0.0605. The molecule has 0 atom stereocenters. The van der Waals surface area contributed by atoms with Crippen molar-refractivity contribution < 1.29 is 9.59 Å². The number of hydrogen-bond donors (Lipinski definition) is 0. The predicted octanol–water partition coefficient (Wildman–Crippen LogP) is 0.219. The van der Waals surface area contributed by atoms with Crippen LogP contribution in [0.3, 0.4) is 0 Å². The molecule has 0 aromatic heterocycles. The van der Waals surface area contributed by atoms with E-state index in [1.54, 1.807) is 0 Å². The molecule has 0 unspecified atom stereocenters. The summed E-state index contributed by atoms with van der Waals surface area (Å²) in [5, 5.41) is 0. The maximum absolute atomic E-state index is 11.3. The molecule has 0 heterocycles. The zero-order valence-electron chi connectivity index (χ0n) is 9.36. The third-order valence-electron chi connectivity index (χ3n) is 1.86. The molecule has 16 heavy (non-hydrogen) atoms. The zero-order valence-corrected chi connectivity index (χ0v) is 12.8. The first kappa shape index (κ1) is 13.7. The summed E-state index contributed by atoms with van der Waals surface area (Å²) < 4.78 is 2.83. The summed E-state index contributed by atoms with van der Waals surface area (Å²) in [6.45, 7) is 3.78. The van der Waals surface area contributed by atoms with Gasteiger partial charge in [-0.05, 0) is 0 Å². The van der Waals surface area contributed by atoms with E-state index in [1.165, 1.54) is 0 Å². The van der Waals surface area contributed by atoms with E-state index in [1.807, 2.05) is 38.1 Å². The van der Waals surface area contributed by atoms with Crippen LogP contribution in [0.4, 0.5) is 0 Å². The van der Waals surface area contributed by atoms with Crippen molar-refractivity contribution >= 4 is 48.2 Å². The van der Waals surface area contributed by atoms with Crippen LogP contribution in [0, 0.1) is 0 Å². The minimum absolute atomic E-state index is 0.0605. The molecule has 0 spiro atoms. The van der Waals surface area contributed by atoms with E-state index in [9.17, 15) is 9.59 Å². The van der Waals surface area contributed by atoms with Crippen LogP contribution in [0.15, 0.2) is 24.3 Å². The molecule has 0 radical (unpaired) electrons. The summed E-state index contributed by atoms with van der Waals surface area (Å²) in [5.41, 5.74) is 0. The Balaban J connectivity index is 2.60. The molecule has 0 fully saturated rings. The SMILES string of the molecule is CCC(=O)[Se]c1ccc([Se]C(=O)CC)cc1. The number of benzene rings is 1. The Bertz CT molecular complexity index is 334. The summed E-state index contributed by atoms with van der Waals surface area (Å²) in [5.74, 6) is 0. The number of hydrogen-bond acceptors (Lipinski definition) is 2. The molecule has 0 saturated heterocycles. The van der Waals surface area contributed by atoms with E-state index < -0.39 is 0 Å². The molecule has 0 aliphatic carbocycles. The van der Waals surface area contributed by atoms with Gasteiger partial charge in [0.1, 0.15) is 0 Å². The average molecular weight is 348 g/mol. The number of rotatable bonds is 6. The van der Waals surface area contributed by atoms with Crippen LogP contribution >= 0.6 is 0 Å². The van der Waals surface area contributed by atoms with Gasteiger partial charge in [-0.15, -0.1) is 0 Å². The van der Waals surface area contributed by atoms with E-state index in [0.717, 1.165) is 8.92 Å². The molecule has 0 aliphatic heterocycles. The van der Waals surface area contributed by atoms with Crippen LogP contribution in [0.5, 0.6) is 0 Å². The van der Waals surface area contributed by atoms with E-state index in [-0.39, 0.29) is 29.9 Å². The van der Waals surface area contributed by atoms with Crippen LogP contribution in [0.25, 0.3) is 0 Å². The van der Waals surface area contributed by atoms with Gasteiger partial charge in [-0.3, -0.25) is 0 Å². The van der Waals surface area contributed by atoms with Gasteiger partial charge in [0.15, 0.2) is 0 Å². The predicted molar refractivity (Wildman–Crippen MR) is 67.8 cm³/mol. The van der Waals surface area contributed by atoms with Crippen LogP contribution in [0.2, 0.25) is 0 Å². The van der Waals surface area contributed by atoms with Crippen molar-refractivity contribution in [1.82, 2.24) is 0 Å². The first-order valence-electron chi connectivity index (χ1n) is 5.17. The van der Waals surface area contributed by atoms with E-state index in [2.05, 4.69) is 0 Å². The Labute approximate surface area is 109 Å². The molecule has 1 rings (SSSR count). The van der Waals surface area contributed by atoms with E-state index in [4.69, 9.17) is 0 Å². The molecule has 0 amide bonds. The zero-order chi connectivity index (χ0) is 12.0. The Hall–Kier alpha value is -0.401. The second-order valence-electron chi connectivity index (χ2n) is 3.13. The Morgan fingerprint density at radius 3 is 1.44 bits per heavy atom. The topological polar surface area (TPSA) is 34.1 Å². The van der Waals surface area contributed by atoms with E-state index >= 15 is 0 Å². The third kappa shape index (κ3) is 4.63. The third-order valence-corrected chi connectivity index (χ3v) is 6.16. The molecule has 0 N–H and O–H groups in total. The fourth-order valence-electron chi connectivity index (χ4n) is 0.983. The van der Waals surface area contributed by atoms with Crippen molar-refractivity contribution in [2.24, 2.45) is 0 Å². The summed E-state index contributed by atoms with van der Waals surface area (Å²) in [4.78, 5) is 22.5. The van der Waals surface area contributed by atoms with Crippen LogP contribution in [0.1, 0.15) is 26.7 Å². The molecule has 1 aromatic carbocycles. The molecule has 4 heteroatoms. The molecule has 0 aliphatic rings. The molecular formula is C12H14O2Se2. The summed E-state index contributed by atoms with van der Waals surface area (Å²) in [6, 6.07) is 7.92. The van der Waals surface area contributed by atoms with Gasteiger partial charge >= 0.3 is 109 Å². The molecule has 86 valence electrons. The summed E-state index contributed by atoms with van der Waals surface area (Å²) >= 11 is -0.121. The molecule has 1 aromatic rings. The Morgan fingerprint density at radius 1 is 0.875 bits per heavy atom. The summed E-state index contributed by atoms with van der Waals surface area (Å²) in [7, 11) is 0. The van der Waals surface area contributed by atoms with E-state index in [0.29, 0.717) is 22.2 Å². The monoisotopic (exact) mass is 350 g/mol. The van der Waals surface area contributed by atoms with Crippen molar-refractivity contribution in [3.63, 3.8) is 0 Å². The Kier molecular flexibility index (Phi) is 6.00. The molecular weight excluding hydrogens is 334 g/mol. The number of carbonyl (C=O) groups excluding carboxylic acids is 2. The van der Waals surface area contributed by atoms with Crippen molar-refractivity contribution in [1.29, 1.82) is 0 Å². The van der Waals surface area contributed by atoms with Crippen LogP contribution in [-0.2, 0) is 9.59 Å². The van der Waals surface area contributed by atoms with Gasteiger partial charge in [0, 0.05) is 0 Å². The van der Waals surface area contributed by atoms with Crippen LogP contribution < -0.4 is 8.92 Å². The molecule has 0 bridgehead atoms. The van der Waals surface area contributed by atoms with Gasteiger partial charge in [-0.2, -0.15) is 0 Å². The molecule has 2 nitrogen and oxygen atoms in total. The molecule has 0 saturated carbocycles. The number of carbonyl (C=O) groups is 2. The van der Waals surface area contributed by atoms with Crippen molar-refractivity contribution in [2.45, 2.75) is 26.7 Å². The van der Waals surface area contributed by atoms with Crippen molar-refractivity contribution in [3.05, 3.63) is 24.3 Å². The van der Waals surface area contributed by atoms with Crippen molar-refractivity contribution in [3.8, 4) is 0 Å². The second-order valence-corrected chi connectivity index (χ2v) is 7.87. The second kappa shape index (κ2) is 7.03. The van der Waals surface area contributed by atoms with Gasteiger partial charge < -0.3 is 0 Å². The Morgan fingerprint density at radius 2 is 1.19 bits per heavy atom. The van der Waals surface area contributed by atoms with Crippen LogP contribution in [-0.4, -0.2) is 39.3 Å². The summed E-state index contributed by atoms with van der Waals surface area (Å²) in [6.07, 6.45) is 1.22. The van der Waals surface area contributed by atoms with Gasteiger partial charge in [0.2, 0.25) is 0 Å². The fourth-order valence-corrected chi connectivity index (χ4v) is 3.83. The normalized spacial score (nSPS) is 10.1.